The fraction of sp³-hybridized carbons (Fsp3) is 0.643. The second kappa shape index (κ2) is 15.2. The van der Waals surface area contributed by atoms with Crippen LogP contribution in [0.4, 0.5) is 4.79 Å². The molecule has 0 saturated heterocycles. The topological polar surface area (TPSA) is 131 Å². The molecule has 9 nitrogen and oxygen atoms in total. The molecule has 0 spiro atoms. The summed E-state index contributed by atoms with van der Waals surface area (Å²) in [5.74, 6) is -1.35. The highest BCUT2D eigenvalue weighted by Crippen LogP contribution is 2.26. The lowest BCUT2D eigenvalue weighted by Crippen LogP contribution is -2.53. The van der Waals surface area contributed by atoms with E-state index in [-0.39, 0.29) is 25.3 Å². The van der Waals surface area contributed by atoms with Crippen LogP contribution in [-0.4, -0.2) is 53.4 Å². The van der Waals surface area contributed by atoms with Gasteiger partial charge in [0.25, 0.3) is 0 Å². The molecule has 0 radical (unpaired) electrons. The number of nitrogens with one attached hydrogen (secondary N) is 2. The Morgan fingerprint density at radius 2 is 1.62 bits per heavy atom. The molecule has 1 aromatic carbocycles. The van der Waals surface area contributed by atoms with Crippen LogP contribution in [0.5, 0.6) is 0 Å². The van der Waals surface area contributed by atoms with E-state index >= 15 is 0 Å². The minimum absolute atomic E-state index is 0.00862. The predicted octanol–water partition coefficient (Wildman–Crippen LogP) is 4.05. The summed E-state index contributed by atoms with van der Waals surface area (Å²) in [6.45, 7) is 13.8. The van der Waals surface area contributed by atoms with Crippen molar-refractivity contribution in [3.05, 3.63) is 34.9 Å². The van der Waals surface area contributed by atoms with Gasteiger partial charge < -0.3 is 26.0 Å². The van der Waals surface area contributed by atoms with E-state index in [1.165, 1.54) is 4.90 Å². The third-order valence-corrected chi connectivity index (χ3v) is 5.62. The van der Waals surface area contributed by atoms with Crippen molar-refractivity contribution in [2.75, 3.05) is 13.1 Å². The highest BCUT2D eigenvalue weighted by Gasteiger charge is 2.36. The number of unbranched alkanes of at least 4 members (excludes halogenated alkanes) is 2. The molecule has 0 aromatic heterocycles. The molecular formula is C28H46N4O5. The molecule has 208 valence electrons. The monoisotopic (exact) mass is 518 g/mol. The van der Waals surface area contributed by atoms with Gasteiger partial charge in [0.1, 0.15) is 17.7 Å². The highest BCUT2D eigenvalue weighted by molar-refractivity contribution is 5.92. The van der Waals surface area contributed by atoms with E-state index in [1.54, 1.807) is 20.8 Å². The first-order valence-corrected chi connectivity index (χ1v) is 13.2. The lowest BCUT2D eigenvalue weighted by molar-refractivity contribution is -0.142. The Bertz CT molecular complexity index is 905. The van der Waals surface area contributed by atoms with Gasteiger partial charge in [-0.15, -0.1) is 0 Å². The van der Waals surface area contributed by atoms with Crippen molar-refractivity contribution in [3.8, 4) is 0 Å². The van der Waals surface area contributed by atoms with Crippen LogP contribution in [0.2, 0.25) is 0 Å². The number of carbonyl (C=O) groups excluding carboxylic acids is 4. The molecule has 0 aliphatic rings. The number of nitrogens with two attached hydrogens (primary N) is 1. The Labute approximate surface area is 221 Å². The summed E-state index contributed by atoms with van der Waals surface area (Å²) < 4.78 is 5.35. The summed E-state index contributed by atoms with van der Waals surface area (Å²) in [4.78, 5) is 53.1. The number of nitrogens with zero attached hydrogens (tertiary/aromatic N) is 1. The molecule has 2 unspecified atom stereocenters. The molecule has 0 heterocycles. The maximum absolute atomic E-state index is 13.9. The summed E-state index contributed by atoms with van der Waals surface area (Å²) in [5.41, 5.74) is 7.21. The molecule has 0 fully saturated rings. The van der Waals surface area contributed by atoms with E-state index in [0.29, 0.717) is 18.5 Å². The van der Waals surface area contributed by atoms with Crippen molar-refractivity contribution < 1.29 is 23.9 Å². The average Bonchev–Trinajstić information content (AvgIpc) is 2.76. The molecule has 1 aromatic rings. The summed E-state index contributed by atoms with van der Waals surface area (Å²) in [6, 6.07) is 3.82. The van der Waals surface area contributed by atoms with Crippen LogP contribution < -0.4 is 16.4 Å². The zero-order valence-electron chi connectivity index (χ0n) is 23.6. The molecule has 4 N–H and O–H groups in total. The van der Waals surface area contributed by atoms with E-state index < -0.39 is 35.6 Å². The van der Waals surface area contributed by atoms with E-state index in [2.05, 4.69) is 17.6 Å². The Balaban J connectivity index is 3.43. The van der Waals surface area contributed by atoms with E-state index in [9.17, 15) is 19.2 Å². The summed E-state index contributed by atoms with van der Waals surface area (Å²) in [5, 5.41) is 5.59. The van der Waals surface area contributed by atoms with Crippen LogP contribution in [0, 0.1) is 13.8 Å². The van der Waals surface area contributed by atoms with Gasteiger partial charge in [-0.05, 0) is 59.4 Å². The van der Waals surface area contributed by atoms with Crippen molar-refractivity contribution in [2.45, 2.75) is 105 Å². The van der Waals surface area contributed by atoms with Crippen molar-refractivity contribution in [3.63, 3.8) is 0 Å². The van der Waals surface area contributed by atoms with Crippen molar-refractivity contribution in [1.82, 2.24) is 15.5 Å². The van der Waals surface area contributed by atoms with Gasteiger partial charge in [0.15, 0.2) is 0 Å². The maximum atomic E-state index is 13.9. The zero-order valence-corrected chi connectivity index (χ0v) is 23.6. The minimum atomic E-state index is -1.09. The Morgan fingerprint density at radius 3 is 2.14 bits per heavy atom. The third kappa shape index (κ3) is 11.7. The maximum Gasteiger partial charge on any atom is 0.408 e. The van der Waals surface area contributed by atoms with Crippen LogP contribution in [-0.2, 0) is 19.1 Å². The molecule has 0 saturated carbocycles. The number of benzene rings is 1. The number of rotatable bonds is 14. The van der Waals surface area contributed by atoms with Crippen LogP contribution in [0.15, 0.2) is 18.2 Å². The molecule has 1 rings (SSSR count). The number of amides is 4. The van der Waals surface area contributed by atoms with Crippen molar-refractivity contribution in [1.29, 1.82) is 0 Å². The molecular weight excluding hydrogens is 472 g/mol. The number of hydrogen-bond acceptors (Lipinski definition) is 5. The van der Waals surface area contributed by atoms with Gasteiger partial charge in [-0.3, -0.25) is 14.4 Å². The second-order valence-corrected chi connectivity index (χ2v) is 10.6. The SMILES string of the molecule is CCCCCNC(=O)C(c1cc(C)cc(C)c1)N(CCC)C(=O)C(CCC(N)=O)NC(=O)OC(C)(C)C. The van der Waals surface area contributed by atoms with Gasteiger partial charge >= 0.3 is 6.09 Å². The fourth-order valence-corrected chi connectivity index (χ4v) is 4.13. The normalized spacial score (nSPS) is 12.8. The van der Waals surface area contributed by atoms with Gasteiger partial charge in [-0.1, -0.05) is 56.0 Å². The number of ether oxygens (including phenoxy) is 1. The number of hydrogen-bond donors (Lipinski definition) is 3. The molecule has 0 aliphatic heterocycles. The number of carbonyl (C=O) groups is 4. The largest absolute Gasteiger partial charge is 0.444 e. The van der Waals surface area contributed by atoms with Gasteiger partial charge in [0.2, 0.25) is 17.7 Å². The Hall–Kier alpha value is -3.10. The van der Waals surface area contributed by atoms with E-state index in [0.717, 1.165) is 30.4 Å². The molecule has 4 amide bonds. The van der Waals surface area contributed by atoms with Crippen LogP contribution in [0.1, 0.15) is 95.9 Å². The average molecular weight is 519 g/mol. The smallest absolute Gasteiger partial charge is 0.408 e. The Kier molecular flexibility index (Phi) is 13.1. The first-order valence-electron chi connectivity index (χ1n) is 13.2. The van der Waals surface area contributed by atoms with Crippen LogP contribution in [0.25, 0.3) is 0 Å². The molecule has 37 heavy (non-hydrogen) atoms. The van der Waals surface area contributed by atoms with Gasteiger partial charge in [-0.25, -0.2) is 4.79 Å². The predicted molar refractivity (Wildman–Crippen MR) is 145 cm³/mol. The first kappa shape index (κ1) is 31.9. The van der Waals surface area contributed by atoms with E-state index in [4.69, 9.17) is 10.5 Å². The first-order chi connectivity index (χ1) is 17.3. The highest BCUT2D eigenvalue weighted by atomic mass is 16.6. The van der Waals surface area contributed by atoms with Gasteiger partial charge in [0.05, 0.1) is 0 Å². The van der Waals surface area contributed by atoms with Gasteiger partial charge in [0, 0.05) is 19.5 Å². The molecule has 0 aliphatic carbocycles. The summed E-state index contributed by atoms with van der Waals surface area (Å²) >= 11 is 0. The van der Waals surface area contributed by atoms with Crippen molar-refractivity contribution in [2.24, 2.45) is 5.73 Å². The summed E-state index contributed by atoms with van der Waals surface area (Å²) in [7, 11) is 0. The van der Waals surface area contributed by atoms with Crippen LogP contribution >= 0.6 is 0 Å². The quantitative estimate of drug-likeness (QED) is 0.320. The standard InChI is InChI=1S/C28H46N4O5/c1-8-10-11-14-30-25(34)24(21-17-19(3)16-20(4)18-21)32(15-9-2)26(35)22(12-13-23(29)33)31-27(36)37-28(5,6)7/h16-18,22,24H,8-15H2,1-7H3,(H2,29,33)(H,30,34)(H,31,36). The van der Waals surface area contributed by atoms with Gasteiger partial charge in [-0.2, -0.15) is 0 Å². The summed E-state index contributed by atoms with van der Waals surface area (Å²) in [6.07, 6.45) is 2.54. The van der Waals surface area contributed by atoms with E-state index in [1.807, 2.05) is 39.0 Å². The fourth-order valence-electron chi connectivity index (χ4n) is 4.13. The number of aryl methyl sites for hydroxylation is 2. The Morgan fingerprint density at radius 1 is 1.00 bits per heavy atom. The minimum Gasteiger partial charge on any atom is -0.444 e. The zero-order chi connectivity index (χ0) is 28.2. The second-order valence-electron chi connectivity index (χ2n) is 10.6. The van der Waals surface area contributed by atoms with Crippen LogP contribution in [0.3, 0.4) is 0 Å². The lowest BCUT2D eigenvalue weighted by atomic mass is 9.97. The van der Waals surface area contributed by atoms with Crippen molar-refractivity contribution >= 4 is 23.8 Å². The lowest BCUT2D eigenvalue weighted by Gasteiger charge is -2.34. The third-order valence-electron chi connectivity index (χ3n) is 5.62. The number of alkyl carbamates (subject to hydrolysis) is 1. The molecule has 9 heteroatoms. The number of primary amides is 1. The molecule has 0 bridgehead atoms. The molecule has 2 atom stereocenters.